The standard InChI is InChI=1S/C19H20ClNO7S/c1-26-19(23)16-8-6-14(28-16)12-27-18(22)13-5-7-15(20)17(11-13)29(24,25)21-9-3-2-4-10-21/h5-8,11H,2-4,9-10,12H2,1H3. The number of esters is 2. The minimum atomic E-state index is -3.80. The first-order valence-electron chi connectivity index (χ1n) is 8.97. The molecule has 0 N–H and O–H groups in total. The van der Waals surface area contributed by atoms with Crippen LogP contribution in [0, 0.1) is 0 Å². The summed E-state index contributed by atoms with van der Waals surface area (Å²) in [6.45, 7) is 0.620. The number of hydrogen-bond donors (Lipinski definition) is 0. The van der Waals surface area contributed by atoms with E-state index < -0.39 is 22.0 Å². The molecular weight excluding hydrogens is 422 g/mol. The highest BCUT2D eigenvalue weighted by molar-refractivity contribution is 7.89. The summed E-state index contributed by atoms with van der Waals surface area (Å²) in [5, 5.41) is 0.0425. The number of nitrogens with zero attached hydrogens (tertiary/aromatic N) is 1. The molecule has 0 aliphatic carbocycles. The molecule has 3 rings (SSSR count). The van der Waals surface area contributed by atoms with Gasteiger partial charge >= 0.3 is 11.9 Å². The second-order valence-corrected chi connectivity index (χ2v) is 8.76. The lowest BCUT2D eigenvalue weighted by atomic mass is 10.2. The highest BCUT2D eigenvalue weighted by atomic mass is 35.5. The maximum absolute atomic E-state index is 12.9. The number of sulfonamides is 1. The zero-order valence-corrected chi connectivity index (χ0v) is 17.3. The van der Waals surface area contributed by atoms with Crippen LogP contribution in [0.2, 0.25) is 5.02 Å². The molecule has 0 amide bonds. The smallest absolute Gasteiger partial charge is 0.373 e. The highest BCUT2D eigenvalue weighted by Crippen LogP contribution is 2.28. The van der Waals surface area contributed by atoms with Crippen molar-refractivity contribution in [2.75, 3.05) is 20.2 Å². The van der Waals surface area contributed by atoms with E-state index in [1.54, 1.807) is 0 Å². The van der Waals surface area contributed by atoms with Gasteiger partial charge in [0.25, 0.3) is 0 Å². The van der Waals surface area contributed by atoms with Gasteiger partial charge in [0, 0.05) is 13.1 Å². The van der Waals surface area contributed by atoms with E-state index in [-0.39, 0.29) is 33.6 Å². The Hall–Kier alpha value is -2.36. The van der Waals surface area contributed by atoms with Crippen LogP contribution in [-0.2, 0) is 26.1 Å². The number of ether oxygens (including phenoxy) is 2. The van der Waals surface area contributed by atoms with E-state index >= 15 is 0 Å². The van der Waals surface area contributed by atoms with Gasteiger partial charge in [-0.3, -0.25) is 0 Å². The van der Waals surface area contributed by atoms with Crippen molar-refractivity contribution in [3.63, 3.8) is 0 Å². The fourth-order valence-electron chi connectivity index (χ4n) is 2.96. The molecule has 1 aliphatic rings. The molecular formula is C19H20ClNO7S. The Balaban J connectivity index is 1.74. The van der Waals surface area contributed by atoms with Gasteiger partial charge in [-0.2, -0.15) is 4.31 Å². The molecule has 1 fully saturated rings. The van der Waals surface area contributed by atoms with Crippen molar-refractivity contribution in [1.29, 1.82) is 0 Å². The second-order valence-electron chi connectivity index (χ2n) is 6.44. The summed E-state index contributed by atoms with van der Waals surface area (Å²) in [4.78, 5) is 23.6. The zero-order chi connectivity index (χ0) is 21.0. The third-order valence-corrected chi connectivity index (χ3v) is 6.87. The molecule has 0 saturated carbocycles. The molecule has 156 valence electrons. The molecule has 8 nitrogen and oxygen atoms in total. The first-order chi connectivity index (χ1) is 13.8. The van der Waals surface area contributed by atoms with Gasteiger partial charge < -0.3 is 13.9 Å². The van der Waals surface area contributed by atoms with E-state index in [4.69, 9.17) is 20.8 Å². The average molecular weight is 442 g/mol. The molecule has 0 bridgehead atoms. The van der Waals surface area contributed by atoms with Crippen LogP contribution in [-0.4, -0.2) is 44.9 Å². The Morgan fingerprint density at radius 2 is 1.83 bits per heavy atom. The van der Waals surface area contributed by atoms with Crippen molar-refractivity contribution in [2.45, 2.75) is 30.8 Å². The number of benzene rings is 1. The minimum absolute atomic E-state index is 0.0139. The van der Waals surface area contributed by atoms with Gasteiger partial charge in [-0.05, 0) is 43.2 Å². The number of carbonyl (C=O) groups excluding carboxylic acids is 2. The summed E-state index contributed by atoms with van der Waals surface area (Å²) in [5.41, 5.74) is 0.0460. The van der Waals surface area contributed by atoms with E-state index in [0.717, 1.165) is 19.3 Å². The van der Waals surface area contributed by atoms with Crippen molar-refractivity contribution >= 4 is 33.6 Å². The van der Waals surface area contributed by atoms with E-state index in [1.165, 1.54) is 41.7 Å². The molecule has 1 aliphatic heterocycles. The summed E-state index contributed by atoms with van der Waals surface area (Å²) in [5.74, 6) is -1.16. The number of hydrogen-bond acceptors (Lipinski definition) is 7. The summed E-state index contributed by atoms with van der Waals surface area (Å²) in [6.07, 6.45) is 2.56. The second kappa shape index (κ2) is 8.98. The van der Waals surface area contributed by atoms with Crippen molar-refractivity contribution < 1.29 is 31.9 Å². The molecule has 0 radical (unpaired) electrons. The minimum Gasteiger partial charge on any atom is -0.463 e. The summed E-state index contributed by atoms with van der Waals surface area (Å²) >= 11 is 6.11. The molecule has 2 aromatic rings. The van der Waals surface area contributed by atoms with E-state index in [1.807, 2.05) is 0 Å². The molecule has 0 atom stereocenters. The third kappa shape index (κ3) is 4.80. The fraction of sp³-hybridized carbons (Fsp3) is 0.368. The molecule has 1 saturated heterocycles. The van der Waals surface area contributed by atoms with E-state index in [0.29, 0.717) is 13.1 Å². The van der Waals surface area contributed by atoms with Crippen molar-refractivity contribution in [1.82, 2.24) is 4.31 Å². The molecule has 0 unspecified atom stereocenters. The van der Waals surface area contributed by atoms with Crippen LogP contribution in [0.3, 0.4) is 0 Å². The number of piperidine rings is 1. The van der Waals surface area contributed by atoms with Gasteiger partial charge in [0.2, 0.25) is 15.8 Å². The lowest BCUT2D eigenvalue weighted by Gasteiger charge is -2.26. The molecule has 1 aromatic carbocycles. The van der Waals surface area contributed by atoms with Gasteiger partial charge in [0.15, 0.2) is 0 Å². The van der Waals surface area contributed by atoms with Gasteiger partial charge in [-0.15, -0.1) is 0 Å². The maximum atomic E-state index is 12.9. The number of methoxy groups -OCH3 is 1. The normalized spacial score (nSPS) is 15.1. The summed E-state index contributed by atoms with van der Waals surface area (Å²) < 4.78 is 42.1. The van der Waals surface area contributed by atoms with Crippen LogP contribution in [0.4, 0.5) is 0 Å². The topological polar surface area (TPSA) is 103 Å². The van der Waals surface area contributed by atoms with Crippen LogP contribution >= 0.6 is 11.6 Å². The average Bonchev–Trinajstić information content (AvgIpc) is 3.21. The Morgan fingerprint density at radius 3 is 2.52 bits per heavy atom. The zero-order valence-electron chi connectivity index (χ0n) is 15.7. The molecule has 2 heterocycles. The van der Waals surface area contributed by atoms with Crippen LogP contribution in [0.5, 0.6) is 0 Å². The highest BCUT2D eigenvalue weighted by Gasteiger charge is 2.29. The Morgan fingerprint density at radius 1 is 1.10 bits per heavy atom. The quantitative estimate of drug-likeness (QED) is 0.634. The largest absolute Gasteiger partial charge is 0.463 e. The van der Waals surface area contributed by atoms with Crippen molar-refractivity contribution in [3.8, 4) is 0 Å². The van der Waals surface area contributed by atoms with Crippen molar-refractivity contribution in [2.24, 2.45) is 0 Å². The van der Waals surface area contributed by atoms with Crippen LogP contribution in [0.15, 0.2) is 39.6 Å². The van der Waals surface area contributed by atoms with Gasteiger partial charge in [-0.25, -0.2) is 18.0 Å². The number of halogens is 1. The van der Waals surface area contributed by atoms with Crippen LogP contribution in [0.1, 0.15) is 45.9 Å². The van der Waals surface area contributed by atoms with Gasteiger partial charge in [0.05, 0.1) is 17.7 Å². The number of carbonyl (C=O) groups is 2. The summed E-state index contributed by atoms with van der Waals surface area (Å²) in [7, 11) is -2.58. The SMILES string of the molecule is COC(=O)c1ccc(COC(=O)c2ccc(Cl)c(S(=O)(=O)N3CCCCC3)c2)o1. The van der Waals surface area contributed by atoms with Crippen molar-refractivity contribution in [3.05, 3.63) is 52.4 Å². The fourth-order valence-corrected chi connectivity index (χ4v) is 4.98. The van der Waals surface area contributed by atoms with Crippen LogP contribution in [0.25, 0.3) is 0 Å². The molecule has 10 heteroatoms. The monoisotopic (exact) mass is 441 g/mol. The first kappa shape index (κ1) is 21.4. The third-order valence-electron chi connectivity index (χ3n) is 4.49. The number of furan rings is 1. The lowest BCUT2D eigenvalue weighted by Crippen LogP contribution is -2.35. The Bertz CT molecular complexity index is 1010. The van der Waals surface area contributed by atoms with Gasteiger partial charge in [-0.1, -0.05) is 18.0 Å². The number of rotatable bonds is 6. The maximum Gasteiger partial charge on any atom is 0.373 e. The predicted octanol–water partition coefficient (Wildman–Crippen LogP) is 3.25. The Labute approximate surface area is 173 Å². The van der Waals surface area contributed by atoms with Crippen LogP contribution < -0.4 is 0 Å². The predicted molar refractivity (Wildman–Crippen MR) is 103 cm³/mol. The molecule has 0 spiro atoms. The summed E-state index contributed by atoms with van der Waals surface area (Å²) in [6, 6.07) is 6.85. The van der Waals surface area contributed by atoms with E-state index in [2.05, 4.69) is 4.74 Å². The van der Waals surface area contributed by atoms with Gasteiger partial charge in [0.1, 0.15) is 17.3 Å². The lowest BCUT2D eigenvalue weighted by molar-refractivity contribution is 0.0438. The molecule has 1 aromatic heterocycles. The molecule has 29 heavy (non-hydrogen) atoms. The van der Waals surface area contributed by atoms with E-state index in [9.17, 15) is 18.0 Å². The Kier molecular flexibility index (Phi) is 6.61. The first-order valence-corrected chi connectivity index (χ1v) is 10.8.